The van der Waals surface area contributed by atoms with Gasteiger partial charge in [-0.3, -0.25) is 0 Å². The minimum absolute atomic E-state index is 0.716. The molecule has 0 spiro atoms. The highest BCUT2D eigenvalue weighted by Gasteiger charge is 2.02. The van der Waals surface area contributed by atoms with Gasteiger partial charge in [0.2, 0.25) is 0 Å². The standard InChI is InChI=1S/C15H11BrClNS/c16-12-1-3-14(17)11(7-12)9-18-13-2-4-15-10(8-13)5-6-19-15/h1-8,18H,9H2. The Balaban J connectivity index is 1.79. The Morgan fingerprint density at radius 1 is 1.11 bits per heavy atom. The fourth-order valence-corrected chi connectivity index (χ4v) is 3.32. The number of hydrogen-bond donors (Lipinski definition) is 1. The number of benzene rings is 2. The van der Waals surface area contributed by atoms with Crippen molar-refractivity contribution in [3.05, 3.63) is 62.9 Å². The first-order valence-corrected chi connectivity index (χ1v) is 7.92. The van der Waals surface area contributed by atoms with Crippen molar-refractivity contribution in [1.29, 1.82) is 0 Å². The first kappa shape index (κ1) is 13.0. The number of hydrogen-bond acceptors (Lipinski definition) is 2. The highest BCUT2D eigenvalue weighted by atomic mass is 79.9. The Morgan fingerprint density at radius 3 is 2.89 bits per heavy atom. The van der Waals surface area contributed by atoms with Gasteiger partial charge in [0.1, 0.15) is 0 Å². The molecule has 0 saturated carbocycles. The van der Waals surface area contributed by atoms with Gasteiger partial charge >= 0.3 is 0 Å². The summed E-state index contributed by atoms with van der Waals surface area (Å²) in [4.78, 5) is 0. The molecule has 0 saturated heterocycles. The normalized spacial score (nSPS) is 10.8. The van der Waals surface area contributed by atoms with Crippen molar-refractivity contribution >= 4 is 54.6 Å². The molecule has 0 radical (unpaired) electrons. The van der Waals surface area contributed by atoms with Crippen LogP contribution < -0.4 is 5.32 Å². The molecule has 96 valence electrons. The second-order valence-electron chi connectivity index (χ2n) is 4.26. The molecule has 1 nitrogen and oxygen atoms in total. The molecule has 0 aliphatic carbocycles. The first-order valence-electron chi connectivity index (χ1n) is 5.87. The Kier molecular flexibility index (Phi) is 3.78. The van der Waals surface area contributed by atoms with Crippen LogP contribution in [0.3, 0.4) is 0 Å². The van der Waals surface area contributed by atoms with Crippen molar-refractivity contribution in [2.75, 3.05) is 5.32 Å². The summed E-state index contributed by atoms with van der Waals surface area (Å²) in [6, 6.07) is 14.4. The molecular weight excluding hydrogens is 342 g/mol. The minimum Gasteiger partial charge on any atom is -0.381 e. The summed E-state index contributed by atoms with van der Waals surface area (Å²) in [6.07, 6.45) is 0. The summed E-state index contributed by atoms with van der Waals surface area (Å²) >= 11 is 11.4. The lowest BCUT2D eigenvalue weighted by molar-refractivity contribution is 1.15. The van der Waals surface area contributed by atoms with Gasteiger partial charge in [0.15, 0.2) is 0 Å². The predicted molar refractivity (Wildman–Crippen MR) is 88.3 cm³/mol. The van der Waals surface area contributed by atoms with Crippen molar-refractivity contribution < 1.29 is 0 Å². The highest BCUT2D eigenvalue weighted by molar-refractivity contribution is 9.10. The first-order chi connectivity index (χ1) is 9.22. The number of nitrogens with one attached hydrogen (secondary N) is 1. The lowest BCUT2D eigenvalue weighted by atomic mass is 10.2. The molecule has 0 fully saturated rings. The Bertz CT molecular complexity index is 723. The van der Waals surface area contributed by atoms with E-state index in [0.29, 0.717) is 6.54 Å². The second kappa shape index (κ2) is 5.53. The van der Waals surface area contributed by atoms with Crippen molar-refractivity contribution in [3.63, 3.8) is 0 Å². The number of thiophene rings is 1. The lowest BCUT2D eigenvalue weighted by Gasteiger charge is -2.09. The summed E-state index contributed by atoms with van der Waals surface area (Å²) in [5.74, 6) is 0. The van der Waals surface area contributed by atoms with Crippen LogP contribution in [0.2, 0.25) is 5.02 Å². The molecule has 3 aromatic rings. The van der Waals surface area contributed by atoms with E-state index in [2.05, 4.69) is 50.9 Å². The maximum Gasteiger partial charge on any atom is 0.0456 e. The van der Waals surface area contributed by atoms with Crippen molar-refractivity contribution in [3.8, 4) is 0 Å². The zero-order chi connectivity index (χ0) is 13.2. The van der Waals surface area contributed by atoms with Crippen LogP contribution in [0.1, 0.15) is 5.56 Å². The molecule has 4 heteroatoms. The SMILES string of the molecule is Clc1ccc(Br)cc1CNc1ccc2sccc2c1. The van der Waals surface area contributed by atoms with Gasteiger partial charge in [-0.05, 0) is 58.8 Å². The topological polar surface area (TPSA) is 12.0 Å². The zero-order valence-electron chi connectivity index (χ0n) is 9.99. The Morgan fingerprint density at radius 2 is 2.00 bits per heavy atom. The predicted octanol–water partition coefficient (Wildman–Crippen LogP) is 5.93. The van der Waals surface area contributed by atoms with Gasteiger partial charge in [0.25, 0.3) is 0 Å². The number of rotatable bonds is 3. The summed E-state index contributed by atoms with van der Waals surface area (Å²) < 4.78 is 2.35. The average molecular weight is 353 g/mol. The maximum absolute atomic E-state index is 6.18. The van der Waals surface area contributed by atoms with Crippen LogP contribution in [-0.4, -0.2) is 0 Å². The summed E-state index contributed by atoms with van der Waals surface area (Å²) in [7, 11) is 0. The zero-order valence-corrected chi connectivity index (χ0v) is 13.1. The maximum atomic E-state index is 6.18. The smallest absolute Gasteiger partial charge is 0.0456 e. The molecule has 1 N–H and O–H groups in total. The van der Waals surface area contributed by atoms with E-state index < -0.39 is 0 Å². The monoisotopic (exact) mass is 351 g/mol. The average Bonchev–Trinajstić information content (AvgIpc) is 2.87. The van der Waals surface area contributed by atoms with Crippen LogP contribution in [0.4, 0.5) is 5.69 Å². The van der Waals surface area contributed by atoms with Gasteiger partial charge in [0, 0.05) is 26.4 Å². The van der Waals surface area contributed by atoms with Gasteiger partial charge in [-0.15, -0.1) is 11.3 Å². The minimum atomic E-state index is 0.716. The number of anilines is 1. The summed E-state index contributed by atoms with van der Waals surface area (Å²) in [5, 5.41) is 7.58. The largest absolute Gasteiger partial charge is 0.381 e. The number of fused-ring (bicyclic) bond motifs is 1. The van der Waals surface area contributed by atoms with Crippen LogP contribution in [0, 0.1) is 0 Å². The quantitative estimate of drug-likeness (QED) is 0.616. The molecule has 2 aromatic carbocycles. The second-order valence-corrected chi connectivity index (χ2v) is 6.53. The van der Waals surface area contributed by atoms with Gasteiger partial charge in [0.05, 0.1) is 0 Å². The van der Waals surface area contributed by atoms with E-state index in [1.807, 2.05) is 18.2 Å². The molecule has 0 aliphatic rings. The van der Waals surface area contributed by atoms with E-state index in [1.165, 1.54) is 10.1 Å². The third-order valence-corrected chi connectivity index (χ3v) is 4.70. The number of halogens is 2. The van der Waals surface area contributed by atoms with E-state index in [4.69, 9.17) is 11.6 Å². The van der Waals surface area contributed by atoms with Gasteiger partial charge < -0.3 is 5.32 Å². The van der Waals surface area contributed by atoms with Crippen LogP contribution in [0.15, 0.2) is 52.3 Å². The summed E-state index contributed by atoms with van der Waals surface area (Å²) in [6.45, 7) is 0.716. The fraction of sp³-hybridized carbons (Fsp3) is 0.0667. The van der Waals surface area contributed by atoms with Crippen LogP contribution in [0.5, 0.6) is 0 Å². The van der Waals surface area contributed by atoms with Crippen LogP contribution in [0.25, 0.3) is 10.1 Å². The molecule has 0 bridgehead atoms. The third-order valence-electron chi connectivity index (χ3n) is 2.94. The van der Waals surface area contributed by atoms with Crippen LogP contribution >= 0.6 is 38.9 Å². The fourth-order valence-electron chi connectivity index (χ4n) is 1.95. The molecule has 0 unspecified atom stereocenters. The molecule has 0 amide bonds. The molecule has 0 atom stereocenters. The van der Waals surface area contributed by atoms with Gasteiger partial charge in [-0.25, -0.2) is 0 Å². The van der Waals surface area contributed by atoms with E-state index in [0.717, 1.165) is 20.7 Å². The third kappa shape index (κ3) is 2.94. The van der Waals surface area contributed by atoms with E-state index in [1.54, 1.807) is 11.3 Å². The van der Waals surface area contributed by atoms with Crippen LogP contribution in [-0.2, 0) is 6.54 Å². The molecular formula is C15H11BrClNS. The van der Waals surface area contributed by atoms with E-state index >= 15 is 0 Å². The van der Waals surface area contributed by atoms with Gasteiger partial charge in [-0.2, -0.15) is 0 Å². The van der Waals surface area contributed by atoms with Crippen molar-refractivity contribution in [1.82, 2.24) is 0 Å². The van der Waals surface area contributed by atoms with E-state index in [-0.39, 0.29) is 0 Å². The lowest BCUT2D eigenvalue weighted by Crippen LogP contribution is -1.99. The molecule has 3 rings (SSSR count). The molecule has 1 aromatic heterocycles. The Hall–Kier alpha value is -1.03. The van der Waals surface area contributed by atoms with Crippen molar-refractivity contribution in [2.45, 2.75) is 6.54 Å². The molecule has 1 heterocycles. The van der Waals surface area contributed by atoms with E-state index in [9.17, 15) is 0 Å². The molecule has 0 aliphatic heterocycles. The Labute approximate surface area is 129 Å². The highest BCUT2D eigenvalue weighted by Crippen LogP contribution is 2.25. The molecule has 19 heavy (non-hydrogen) atoms. The summed E-state index contributed by atoms with van der Waals surface area (Å²) in [5.41, 5.74) is 2.20. The van der Waals surface area contributed by atoms with Crippen molar-refractivity contribution in [2.24, 2.45) is 0 Å². The van der Waals surface area contributed by atoms with Gasteiger partial charge in [-0.1, -0.05) is 27.5 Å².